The van der Waals surface area contributed by atoms with E-state index < -0.39 is 11.9 Å². The van der Waals surface area contributed by atoms with Crippen molar-refractivity contribution in [3.05, 3.63) is 35.4 Å². The first-order valence-corrected chi connectivity index (χ1v) is 3.14. The molecular weight excluding hydrogens is 268 g/mol. The zero-order valence-corrected chi connectivity index (χ0v) is 7.73. The van der Waals surface area contributed by atoms with E-state index in [4.69, 9.17) is 0 Å². The van der Waals surface area contributed by atoms with Crippen LogP contribution in [0.2, 0.25) is 0 Å². The first-order valence-electron chi connectivity index (χ1n) is 3.14. The van der Waals surface area contributed by atoms with Crippen LogP contribution in [0.25, 0.3) is 0 Å². The van der Waals surface area contributed by atoms with Crippen molar-refractivity contribution in [1.29, 1.82) is 0 Å². The van der Waals surface area contributed by atoms with E-state index in [1.165, 1.54) is 12.1 Å². The minimum Gasteiger partial charge on any atom is -0.545 e. The number of carboxylic acids is 2. The Hall–Kier alpha value is -1.10. The van der Waals surface area contributed by atoms with Gasteiger partial charge in [-0.1, -0.05) is 24.3 Å². The summed E-state index contributed by atoms with van der Waals surface area (Å²) in [6.07, 6.45) is 0. The van der Waals surface area contributed by atoms with Crippen LogP contribution in [-0.4, -0.2) is 11.9 Å². The minimum atomic E-state index is -1.52. The molecule has 0 bridgehead atoms. The van der Waals surface area contributed by atoms with Gasteiger partial charge in [-0.2, -0.15) is 0 Å². The summed E-state index contributed by atoms with van der Waals surface area (Å²) in [7, 11) is 0. The van der Waals surface area contributed by atoms with Crippen molar-refractivity contribution < 1.29 is 42.2 Å². The Balaban J connectivity index is 0.00000144. The Morgan fingerprint density at radius 2 is 1.23 bits per heavy atom. The first kappa shape index (κ1) is 11.9. The van der Waals surface area contributed by atoms with E-state index in [-0.39, 0.29) is 33.5 Å². The molecule has 0 aromatic heterocycles. The Bertz CT molecular complexity index is 302. The van der Waals surface area contributed by atoms with E-state index in [1.54, 1.807) is 0 Å². The molecule has 0 aliphatic carbocycles. The number of benzene rings is 1. The van der Waals surface area contributed by atoms with E-state index >= 15 is 0 Å². The Labute approximate surface area is 89.7 Å². The molecule has 0 aliphatic rings. The van der Waals surface area contributed by atoms with E-state index in [9.17, 15) is 19.8 Å². The van der Waals surface area contributed by atoms with Crippen LogP contribution in [-0.2, 0) is 22.4 Å². The Morgan fingerprint density at radius 1 is 0.923 bits per heavy atom. The average molecular weight is 272 g/mol. The van der Waals surface area contributed by atoms with Gasteiger partial charge in [0, 0.05) is 11.1 Å². The summed E-state index contributed by atoms with van der Waals surface area (Å²) >= 11 is 0. The van der Waals surface area contributed by atoms with E-state index in [0.29, 0.717) is 0 Å². The molecule has 0 N–H and O–H groups in total. The molecule has 1 aromatic carbocycles. The van der Waals surface area contributed by atoms with E-state index in [2.05, 4.69) is 0 Å². The number of aromatic carboxylic acids is 2. The molecule has 0 spiro atoms. The van der Waals surface area contributed by atoms with Crippen LogP contribution >= 0.6 is 0 Å². The van der Waals surface area contributed by atoms with Crippen molar-refractivity contribution in [3.63, 3.8) is 0 Å². The van der Waals surface area contributed by atoms with Crippen LogP contribution in [0.5, 0.6) is 0 Å². The number of carbonyl (C=O) groups is 2. The van der Waals surface area contributed by atoms with Gasteiger partial charge >= 0.3 is 22.4 Å². The summed E-state index contributed by atoms with van der Waals surface area (Å²) in [5, 5.41) is 20.6. The molecule has 0 saturated heterocycles. The molecule has 0 atom stereocenters. The Morgan fingerprint density at radius 3 is 1.46 bits per heavy atom. The number of rotatable bonds is 2. The molecule has 13 heavy (non-hydrogen) atoms. The smallest absolute Gasteiger partial charge is 0.545 e. The fraction of sp³-hybridized carbons (Fsp3) is 0. The van der Waals surface area contributed by atoms with Gasteiger partial charge in [0.25, 0.3) is 0 Å². The average Bonchev–Trinajstić information content (AvgIpc) is 2.04. The van der Waals surface area contributed by atoms with Gasteiger partial charge in [-0.3, -0.25) is 0 Å². The van der Waals surface area contributed by atoms with Crippen LogP contribution in [0.1, 0.15) is 20.7 Å². The molecule has 5 heteroatoms. The second kappa shape index (κ2) is 4.81. The third-order valence-electron chi connectivity index (χ3n) is 1.37. The van der Waals surface area contributed by atoms with Crippen molar-refractivity contribution in [2.75, 3.05) is 0 Å². The summed E-state index contributed by atoms with van der Waals surface area (Å²) in [6, 6.07) is 5.14. The molecule has 1 radical (unpaired) electrons. The number of carboxylic acid groups (broad SMARTS) is 2. The van der Waals surface area contributed by atoms with Crippen LogP contribution in [0.4, 0.5) is 0 Å². The van der Waals surface area contributed by atoms with Crippen LogP contribution in [0.15, 0.2) is 24.3 Å². The third kappa shape index (κ3) is 2.69. The normalized spacial score (nSPS) is 8.62. The predicted octanol–water partition coefficient (Wildman–Crippen LogP) is -1.59. The standard InChI is InChI=1S/C8H6O4.Ag/c9-7(10)5-3-1-2-4-6(5)8(11)12;/h1-4H,(H,9,10)(H,11,12);/q;+2/p-2. The molecule has 0 fully saturated rings. The molecule has 0 aliphatic heterocycles. The van der Waals surface area contributed by atoms with E-state index in [0.717, 1.165) is 12.1 Å². The second-order valence-electron chi connectivity index (χ2n) is 2.12. The first-order chi connectivity index (χ1) is 5.63. The molecule has 4 nitrogen and oxygen atoms in total. The monoisotopic (exact) mass is 271 g/mol. The third-order valence-corrected chi connectivity index (χ3v) is 1.37. The maximum atomic E-state index is 10.3. The van der Waals surface area contributed by atoms with Crippen LogP contribution in [0.3, 0.4) is 0 Å². The molecular formula is C8H4AgO4. The van der Waals surface area contributed by atoms with Crippen molar-refractivity contribution in [1.82, 2.24) is 0 Å². The maximum absolute atomic E-state index is 10.3. The van der Waals surface area contributed by atoms with Crippen LogP contribution < -0.4 is 10.2 Å². The van der Waals surface area contributed by atoms with Crippen molar-refractivity contribution in [3.8, 4) is 0 Å². The SMILES string of the molecule is O=C([O-])c1ccccc1C(=O)[O-].[Ag+2]. The molecule has 1 rings (SSSR count). The van der Waals surface area contributed by atoms with Crippen molar-refractivity contribution >= 4 is 11.9 Å². The largest absolute Gasteiger partial charge is 2.00 e. The quantitative estimate of drug-likeness (QED) is 0.608. The summed E-state index contributed by atoms with van der Waals surface area (Å²) in [5.41, 5.74) is -0.727. The van der Waals surface area contributed by atoms with Gasteiger partial charge < -0.3 is 19.8 Å². The predicted molar refractivity (Wildman–Crippen MR) is 35.1 cm³/mol. The van der Waals surface area contributed by atoms with Crippen molar-refractivity contribution in [2.24, 2.45) is 0 Å². The fourth-order valence-corrected chi connectivity index (χ4v) is 0.839. The molecule has 1 aromatic rings. The summed E-state index contributed by atoms with van der Waals surface area (Å²) < 4.78 is 0. The van der Waals surface area contributed by atoms with Crippen molar-refractivity contribution in [2.45, 2.75) is 0 Å². The second-order valence-corrected chi connectivity index (χ2v) is 2.12. The number of hydrogen-bond donors (Lipinski definition) is 0. The van der Waals surface area contributed by atoms with E-state index in [1.807, 2.05) is 0 Å². The molecule has 0 heterocycles. The number of hydrogen-bond acceptors (Lipinski definition) is 4. The van der Waals surface area contributed by atoms with Gasteiger partial charge in [-0.05, 0) is 0 Å². The van der Waals surface area contributed by atoms with Gasteiger partial charge in [0.2, 0.25) is 0 Å². The van der Waals surface area contributed by atoms with Crippen LogP contribution in [0, 0.1) is 0 Å². The molecule has 0 saturated carbocycles. The van der Waals surface area contributed by atoms with Gasteiger partial charge in [-0.25, -0.2) is 0 Å². The summed E-state index contributed by atoms with van der Waals surface area (Å²) in [4.78, 5) is 20.6. The zero-order valence-electron chi connectivity index (χ0n) is 6.24. The molecule has 71 valence electrons. The maximum Gasteiger partial charge on any atom is 2.00 e. The van der Waals surface area contributed by atoms with Gasteiger partial charge in [-0.15, -0.1) is 0 Å². The topological polar surface area (TPSA) is 80.3 Å². The van der Waals surface area contributed by atoms with Gasteiger partial charge in [0.1, 0.15) is 0 Å². The molecule has 0 amide bonds. The number of carbonyl (C=O) groups excluding carboxylic acids is 2. The van der Waals surface area contributed by atoms with Gasteiger partial charge in [0.15, 0.2) is 0 Å². The Kier molecular flexibility index (Phi) is 4.41. The zero-order chi connectivity index (χ0) is 9.14. The molecule has 0 unspecified atom stereocenters. The summed E-state index contributed by atoms with van der Waals surface area (Å²) in [5.74, 6) is -3.04. The fourth-order valence-electron chi connectivity index (χ4n) is 0.839. The van der Waals surface area contributed by atoms with Gasteiger partial charge in [0.05, 0.1) is 11.9 Å². The summed E-state index contributed by atoms with van der Waals surface area (Å²) in [6.45, 7) is 0. The minimum absolute atomic E-state index is 0.